The van der Waals surface area contributed by atoms with Crippen LogP contribution in [0.1, 0.15) is 61.6 Å². The van der Waals surface area contributed by atoms with Gasteiger partial charge in [0.25, 0.3) is 0 Å². The van der Waals surface area contributed by atoms with Crippen molar-refractivity contribution in [2.45, 2.75) is 51.2 Å². The number of unbranched alkanes of at least 4 members (excludes halogenated alkanes) is 1. The van der Waals surface area contributed by atoms with E-state index in [0.717, 1.165) is 0 Å². The summed E-state index contributed by atoms with van der Waals surface area (Å²) in [7, 11) is 2.60. The van der Waals surface area contributed by atoms with Crippen LogP contribution in [-0.2, 0) is 14.3 Å². The van der Waals surface area contributed by atoms with Crippen molar-refractivity contribution in [1.29, 1.82) is 0 Å². The summed E-state index contributed by atoms with van der Waals surface area (Å²) in [4.78, 5) is 33.9. The molecule has 0 aliphatic heterocycles. The number of ether oxygens (including phenoxy) is 2. The van der Waals surface area contributed by atoms with Crippen molar-refractivity contribution in [3.8, 4) is 0 Å². The van der Waals surface area contributed by atoms with Gasteiger partial charge in [0, 0.05) is 5.56 Å². The van der Waals surface area contributed by atoms with Crippen LogP contribution in [0.3, 0.4) is 0 Å². The van der Waals surface area contributed by atoms with Crippen molar-refractivity contribution in [2.24, 2.45) is 5.92 Å². The molecule has 3 aromatic rings. The molecule has 0 fully saturated rings. The fourth-order valence-electron chi connectivity index (χ4n) is 3.95. The molecule has 2 aromatic carbocycles. The Labute approximate surface area is 192 Å². The molecule has 8 heteroatoms. The highest BCUT2D eigenvalue weighted by atomic mass is 16.5. The lowest BCUT2D eigenvalue weighted by Gasteiger charge is -2.23. The topological polar surface area (TPSA) is 119 Å². The molecule has 0 bridgehead atoms. The van der Waals surface area contributed by atoms with Crippen LogP contribution in [0.5, 0.6) is 0 Å². The number of esters is 2. The Balaban J connectivity index is 1.98. The fraction of sp³-hybridized carbons (Fsp3) is 0.440. The van der Waals surface area contributed by atoms with Gasteiger partial charge in [-0.3, -0.25) is 4.79 Å². The summed E-state index contributed by atoms with van der Waals surface area (Å²) in [6, 6.07) is 10.2. The van der Waals surface area contributed by atoms with Crippen LogP contribution >= 0.6 is 0 Å². The first-order chi connectivity index (χ1) is 15.7. The number of methoxy groups -OCH3 is 2. The number of para-hydroxylation sites is 2. The van der Waals surface area contributed by atoms with Crippen molar-refractivity contribution >= 4 is 34.0 Å². The number of aromatic nitrogens is 2. The number of benzene rings is 2. The van der Waals surface area contributed by atoms with Crippen LogP contribution < -0.4 is 0 Å². The zero-order chi connectivity index (χ0) is 24.2. The molecular formula is C25H30N2O6. The van der Waals surface area contributed by atoms with Crippen LogP contribution in [0.15, 0.2) is 36.4 Å². The molecular weight excluding hydrogens is 424 g/mol. The number of carbonyl (C=O) groups excluding carboxylic acids is 2. The molecule has 2 N–H and O–H groups in total. The number of carbonyl (C=O) groups is 2. The fourth-order valence-corrected chi connectivity index (χ4v) is 3.95. The highest BCUT2D eigenvalue weighted by Gasteiger charge is 2.30. The summed E-state index contributed by atoms with van der Waals surface area (Å²) in [5.74, 6) is -1.81. The molecule has 0 aliphatic rings. The molecule has 2 unspecified atom stereocenters. The number of fused-ring (bicyclic) bond motifs is 2. The summed E-state index contributed by atoms with van der Waals surface area (Å²) in [6.07, 6.45) is 1.18. The largest absolute Gasteiger partial charge is 0.469 e. The maximum absolute atomic E-state index is 12.5. The minimum absolute atomic E-state index is 0.301. The zero-order valence-corrected chi connectivity index (χ0v) is 19.4. The monoisotopic (exact) mass is 454 g/mol. The second kappa shape index (κ2) is 10.2. The summed E-state index contributed by atoms with van der Waals surface area (Å²) in [5.41, 5.74) is 1.79. The molecule has 0 aliphatic carbocycles. The first kappa shape index (κ1) is 24.5. The van der Waals surface area contributed by atoms with Crippen LogP contribution in [0.4, 0.5) is 0 Å². The SMILES string of the molecule is COC(=O)c1cccc2nc3c(C(O)C(CCCCC(C)(C)O)C(=O)OC)cccc3nc12. The molecule has 2 atom stereocenters. The average molecular weight is 455 g/mol. The van der Waals surface area contributed by atoms with E-state index in [1.54, 1.807) is 50.2 Å². The van der Waals surface area contributed by atoms with Gasteiger partial charge in [-0.15, -0.1) is 0 Å². The molecule has 0 saturated carbocycles. The summed E-state index contributed by atoms with van der Waals surface area (Å²) in [5, 5.41) is 21.1. The van der Waals surface area contributed by atoms with Gasteiger partial charge < -0.3 is 19.7 Å². The van der Waals surface area contributed by atoms with Crippen LogP contribution in [0.2, 0.25) is 0 Å². The Kier molecular flexibility index (Phi) is 7.61. The second-order valence-electron chi connectivity index (χ2n) is 8.74. The summed E-state index contributed by atoms with van der Waals surface area (Å²) >= 11 is 0. The number of hydrogen-bond acceptors (Lipinski definition) is 8. The molecule has 0 saturated heterocycles. The number of hydrogen-bond donors (Lipinski definition) is 2. The zero-order valence-electron chi connectivity index (χ0n) is 19.4. The van der Waals surface area contributed by atoms with Gasteiger partial charge in [0.15, 0.2) is 0 Å². The van der Waals surface area contributed by atoms with E-state index < -0.39 is 29.6 Å². The maximum atomic E-state index is 12.5. The lowest BCUT2D eigenvalue weighted by Crippen LogP contribution is -2.24. The molecule has 33 heavy (non-hydrogen) atoms. The van der Waals surface area contributed by atoms with Crippen molar-refractivity contribution in [2.75, 3.05) is 14.2 Å². The molecule has 1 aromatic heterocycles. The molecule has 0 spiro atoms. The van der Waals surface area contributed by atoms with E-state index in [9.17, 15) is 19.8 Å². The van der Waals surface area contributed by atoms with Crippen molar-refractivity contribution in [1.82, 2.24) is 9.97 Å². The Bertz CT molecular complexity index is 1150. The molecule has 0 amide bonds. The standard InChI is InChI=1S/C25H30N2O6/c1-25(2,31)14-6-5-9-17(24(30)33-4)22(28)15-10-7-12-18-20(15)26-19-13-8-11-16(21(19)27-18)23(29)32-3/h7-8,10-13,17,22,28,31H,5-6,9,14H2,1-4H3. The second-order valence-corrected chi connectivity index (χ2v) is 8.74. The van der Waals surface area contributed by atoms with Crippen LogP contribution in [0.25, 0.3) is 22.1 Å². The Hall–Kier alpha value is -3.10. The van der Waals surface area contributed by atoms with Gasteiger partial charge in [-0.1, -0.05) is 31.0 Å². The van der Waals surface area contributed by atoms with Crippen molar-refractivity contribution in [3.63, 3.8) is 0 Å². The van der Waals surface area contributed by atoms with Gasteiger partial charge in [0.2, 0.25) is 0 Å². The van der Waals surface area contributed by atoms with Gasteiger partial charge in [-0.25, -0.2) is 14.8 Å². The Morgan fingerprint density at radius 3 is 2.24 bits per heavy atom. The molecule has 1 heterocycles. The highest BCUT2D eigenvalue weighted by Crippen LogP contribution is 2.33. The smallest absolute Gasteiger partial charge is 0.340 e. The summed E-state index contributed by atoms with van der Waals surface area (Å²) in [6.45, 7) is 3.48. The van der Waals surface area contributed by atoms with E-state index in [4.69, 9.17) is 9.47 Å². The third kappa shape index (κ3) is 5.64. The maximum Gasteiger partial charge on any atom is 0.340 e. The number of rotatable bonds is 9. The van der Waals surface area contributed by atoms with Crippen molar-refractivity contribution in [3.05, 3.63) is 47.5 Å². The molecule has 176 valence electrons. The Morgan fingerprint density at radius 2 is 1.61 bits per heavy atom. The van der Waals surface area contributed by atoms with Gasteiger partial charge >= 0.3 is 11.9 Å². The van der Waals surface area contributed by atoms with Gasteiger partial charge in [-0.05, 0) is 44.9 Å². The van der Waals surface area contributed by atoms with Crippen LogP contribution in [0, 0.1) is 5.92 Å². The lowest BCUT2D eigenvalue weighted by atomic mass is 9.89. The number of aliphatic hydroxyl groups excluding tert-OH is 1. The van der Waals surface area contributed by atoms with Crippen LogP contribution in [-0.4, -0.2) is 51.9 Å². The first-order valence-electron chi connectivity index (χ1n) is 10.9. The molecule has 0 radical (unpaired) electrons. The third-order valence-electron chi connectivity index (χ3n) is 5.69. The quantitative estimate of drug-likeness (QED) is 0.285. The predicted octanol–water partition coefficient (Wildman–Crippen LogP) is 3.72. The Morgan fingerprint density at radius 1 is 0.970 bits per heavy atom. The van der Waals surface area contributed by atoms with Gasteiger partial charge in [0.1, 0.15) is 5.52 Å². The predicted molar refractivity (Wildman–Crippen MR) is 124 cm³/mol. The normalized spacial score (nSPS) is 13.6. The summed E-state index contributed by atoms with van der Waals surface area (Å²) < 4.78 is 9.80. The highest BCUT2D eigenvalue weighted by molar-refractivity contribution is 6.03. The number of nitrogens with zero attached hydrogens (tertiary/aromatic N) is 2. The number of aliphatic hydroxyl groups is 2. The first-order valence-corrected chi connectivity index (χ1v) is 10.9. The van der Waals surface area contributed by atoms with E-state index in [1.807, 2.05) is 0 Å². The van der Waals surface area contributed by atoms with E-state index in [0.29, 0.717) is 58.9 Å². The third-order valence-corrected chi connectivity index (χ3v) is 5.69. The van der Waals surface area contributed by atoms with Crippen molar-refractivity contribution < 1.29 is 29.3 Å². The van der Waals surface area contributed by atoms with E-state index in [1.165, 1.54) is 14.2 Å². The van der Waals surface area contributed by atoms with Gasteiger partial charge in [-0.2, -0.15) is 0 Å². The average Bonchev–Trinajstić information content (AvgIpc) is 2.80. The van der Waals surface area contributed by atoms with Gasteiger partial charge in [0.05, 0.1) is 54.0 Å². The molecule has 8 nitrogen and oxygen atoms in total. The van der Waals surface area contributed by atoms with E-state index in [2.05, 4.69) is 9.97 Å². The minimum Gasteiger partial charge on any atom is -0.469 e. The molecule has 3 rings (SSSR count). The van der Waals surface area contributed by atoms with E-state index in [-0.39, 0.29) is 0 Å². The lowest BCUT2D eigenvalue weighted by molar-refractivity contribution is -0.150. The van der Waals surface area contributed by atoms with E-state index >= 15 is 0 Å². The minimum atomic E-state index is -1.15.